The number of aliphatic hydroxyl groups excluding tert-OH is 1. The van der Waals surface area contributed by atoms with Crippen molar-refractivity contribution < 1.29 is 24.3 Å². The Morgan fingerprint density at radius 3 is 2.22 bits per heavy atom. The molecule has 1 aromatic carbocycles. The fraction of sp³-hybridized carbons (Fsp3) is 0.417. The molecule has 2 rings (SSSR count). The third kappa shape index (κ3) is 8.11. The van der Waals surface area contributed by atoms with Gasteiger partial charge in [-0.15, -0.1) is 26.3 Å². The predicted molar refractivity (Wildman–Crippen MR) is 125 cm³/mol. The maximum Gasteiger partial charge on any atom is 0.325 e. The molecule has 0 saturated carbocycles. The average Bonchev–Trinajstić information content (AvgIpc) is 3.09. The Kier molecular flexibility index (Phi) is 13.9. The van der Waals surface area contributed by atoms with E-state index in [9.17, 15) is 19.2 Å². The van der Waals surface area contributed by atoms with Gasteiger partial charge >= 0.3 is 6.03 Å². The highest BCUT2D eigenvalue weighted by Gasteiger charge is 2.44. The number of Topliss-reactive ketones (excluding diaryl/α,β-unsaturated/α-hetero) is 1. The van der Waals surface area contributed by atoms with Crippen LogP contribution in [-0.2, 0) is 9.59 Å². The zero-order valence-corrected chi connectivity index (χ0v) is 19.0. The Labute approximate surface area is 190 Å². The van der Waals surface area contributed by atoms with Crippen LogP contribution < -0.4 is 10.6 Å². The normalized spacial score (nSPS) is 15.6. The number of hydrogen-bond acceptors (Lipinski definition) is 5. The maximum atomic E-state index is 12.6. The molecule has 1 aliphatic heterocycles. The van der Waals surface area contributed by atoms with Crippen LogP contribution in [0.5, 0.6) is 0 Å². The standard InChI is InChI=1S/C20H27N3O5.2C2H4/c1-13(2)17(16(25)12-24)23-19(27)15(22-20(23)28)10-6-7-11-21-18(26)14-8-4-3-5-9-14;2*1-2/h3-5,8-9,13,15,17,24H,6-7,10-12H2,1-2H3,(H,21,26)(H,22,28);2*1-2H2/t15-,17+;;/m0../s1. The number of rotatable bonds is 10. The summed E-state index contributed by atoms with van der Waals surface area (Å²) >= 11 is 0. The second kappa shape index (κ2) is 15.5. The minimum atomic E-state index is -0.965. The average molecular weight is 446 g/mol. The van der Waals surface area contributed by atoms with Gasteiger partial charge in [-0.1, -0.05) is 32.0 Å². The van der Waals surface area contributed by atoms with E-state index in [0.717, 1.165) is 4.90 Å². The first kappa shape index (κ1) is 28.7. The molecular formula is C24H35N3O5. The van der Waals surface area contributed by atoms with E-state index < -0.39 is 36.4 Å². The number of amides is 4. The van der Waals surface area contributed by atoms with E-state index >= 15 is 0 Å². The Bertz CT molecular complexity index is 749. The molecule has 1 aliphatic rings. The summed E-state index contributed by atoms with van der Waals surface area (Å²) in [5, 5.41) is 14.6. The van der Waals surface area contributed by atoms with Crippen molar-refractivity contribution in [1.82, 2.24) is 15.5 Å². The molecule has 0 unspecified atom stereocenters. The van der Waals surface area contributed by atoms with E-state index in [1.54, 1.807) is 38.1 Å². The third-order valence-electron chi connectivity index (χ3n) is 4.69. The lowest BCUT2D eigenvalue weighted by molar-refractivity contribution is -0.137. The summed E-state index contributed by atoms with van der Waals surface area (Å²) in [4.78, 5) is 49.6. The second-order valence-corrected chi connectivity index (χ2v) is 7.14. The van der Waals surface area contributed by atoms with Gasteiger partial charge in [0, 0.05) is 12.1 Å². The fourth-order valence-corrected chi connectivity index (χ4v) is 3.28. The van der Waals surface area contributed by atoms with Gasteiger partial charge in [0.05, 0.1) is 0 Å². The van der Waals surface area contributed by atoms with Crippen LogP contribution in [0.4, 0.5) is 4.79 Å². The number of nitrogens with zero attached hydrogens (tertiary/aromatic N) is 1. The molecule has 0 aliphatic carbocycles. The van der Waals surface area contributed by atoms with Crippen LogP contribution in [0.1, 0.15) is 43.5 Å². The van der Waals surface area contributed by atoms with Crippen molar-refractivity contribution in [3.63, 3.8) is 0 Å². The molecule has 0 bridgehead atoms. The Morgan fingerprint density at radius 2 is 1.69 bits per heavy atom. The number of ketones is 1. The van der Waals surface area contributed by atoms with Crippen LogP contribution in [0.15, 0.2) is 56.6 Å². The predicted octanol–water partition coefficient (Wildman–Crippen LogP) is 2.70. The van der Waals surface area contributed by atoms with Gasteiger partial charge in [-0.3, -0.25) is 19.3 Å². The smallest absolute Gasteiger partial charge is 0.325 e. The summed E-state index contributed by atoms with van der Waals surface area (Å²) in [5.74, 6) is -1.44. The zero-order valence-electron chi connectivity index (χ0n) is 19.0. The van der Waals surface area contributed by atoms with Crippen LogP contribution >= 0.6 is 0 Å². The number of carbonyl (C=O) groups excluding carboxylic acids is 4. The van der Waals surface area contributed by atoms with E-state index in [-0.39, 0.29) is 11.8 Å². The second-order valence-electron chi connectivity index (χ2n) is 7.14. The van der Waals surface area contributed by atoms with Crippen molar-refractivity contribution in [3.05, 3.63) is 62.2 Å². The molecule has 8 heteroatoms. The van der Waals surface area contributed by atoms with Crippen molar-refractivity contribution in [1.29, 1.82) is 0 Å². The number of nitrogens with one attached hydrogen (secondary N) is 2. The van der Waals surface area contributed by atoms with E-state index in [1.807, 2.05) is 6.07 Å². The Balaban J connectivity index is 0.00000227. The molecule has 1 fully saturated rings. The number of aliphatic hydroxyl groups is 1. The van der Waals surface area contributed by atoms with Crippen molar-refractivity contribution in [2.24, 2.45) is 5.92 Å². The first-order chi connectivity index (χ1) is 15.4. The van der Waals surface area contributed by atoms with Gasteiger partial charge in [-0.2, -0.15) is 0 Å². The minimum absolute atomic E-state index is 0.153. The zero-order chi connectivity index (χ0) is 24.7. The molecule has 0 aromatic heterocycles. The van der Waals surface area contributed by atoms with Gasteiger partial charge in [0.15, 0.2) is 5.78 Å². The lowest BCUT2D eigenvalue weighted by Gasteiger charge is -2.26. The molecule has 3 N–H and O–H groups in total. The summed E-state index contributed by atoms with van der Waals surface area (Å²) in [7, 11) is 0. The van der Waals surface area contributed by atoms with E-state index in [0.29, 0.717) is 31.4 Å². The van der Waals surface area contributed by atoms with Crippen LogP contribution in [0.3, 0.4) is 0 Å². The highest BCUT2D eigenvalue weighted by atomic mass is 16.3. The molecule has 1 heterocycles. The van der Waals surface area contributed by atoms with Crippen molar-refractivity contribution >= 4 is 23.6 Å². The maximum absolute atomic E-state index is 12.6. The van der Waals surface area contributed by atoms with E-state index in [1.165, 1.54) is 0 Å². The fourth-order valence-electron chi connectivity index (χ4n) is 3.28. The lowest BCUT2D eigenvalue weighted by Crippen LogP contribution is -2.49. The number of hydrogen-bond donors (Lipinski definition) is 3. The van der Waals surface area contributed by atoms with Gasteiger partial charge in [-0.05, 0) is 37.3 Å². The summed E-state index contributed by atoms with van der Waals surface area (Å²) in [6, 6.07) is 6.63. The molecule has 4 amide bonds. The number of imide groups is 1. The van der Waals surface area contributed by atoms with Gasteiger partial charge in [0.2, 0.25) is 0 Å². The number of unbranched alkanes of at least 4 members (excludes halogenated alkanes) is 1. The van der Waals surface area contributed by atoms with Gasteiger partial charge in [0.1, 0.15) is 18.7 Å². The number of urea groups is 1. The van der Waals surface area contributed by atoms with Crippen LogP contribution in [0.2, 0.25) is 0 Å². The third-order valence-corrected chi connectivity index (χ3v) is 4.69. The minimum Gasteiger partial charge on any atom is -0.388 e. The first-order valence-electron chi connectivity index (χ1n) is 10.5. The molecular weight excluding hydrogens is 410 g/mol. The van der Waals surface area contributed by atoms with E-state index in [2.05, 4.69) is 36.9 Å². The summed E-state index contributed by atoms with van der Waals surface area (Å²) < 4.78 is 0. The van der Waals surface area contributed by atoms with Gasteiger partial charge in [0.25, 0.3) is 11.8 Å². The summed E-state index contributed by atoms with van der Waals surface area (Å²) in [6.07, 6.45) is 1.70. The van der Waals surface area contributed by atoms with E-state index in [4.69, 9.17) is 5.11 Å². The SMILES string of the molecule is C=C.C=C.CC(C)[C@H](C(=O)CO)N1C(=O)N[C@@H](CCCCNC(=O)c2ccccc2)C1=O. The van der Waals surface area contributed by atoms with Crippen molar-refractivity contribution in [2.75, 3.05) is 13.2 Å². The van der Waals surface area contributed by atoms with Gasteiger partial charge < -0.3 is 15.7 Å². The van der Waals surface area contributed by atoms with Crippen LogP contribution in [0, 0.1) is 5.92 Å². The Hall–Kier alpha value is -3.26. The van der Waals surface area contributed by atoms with Gasteiger partial charge in [-0.25, -0.2) is 4.79 Å². The molecule has 0 radical (unpaired) electrons. The molecule has 32 heavy (non-hydrogen) atoms. The lowest BCUT2D eigenvalue weighted by atomic mass is 9.98. The quantitative estimate of drug-likeness (QED) is 0.291. The monoisotopic (exact) mass is 445 g/mol. The van der Waals surface area contributed by atoms with Crippen molar-refractivity contribution in [2.45, 2.75) is 45.2 Å². The topological polar surface area (TPSA) is 116 Å². The summed E-state index contributed by atoms with van der Waals surface area (Å²) in [6.45, 7) is 15.2. The van der Waals surface area contributed by atoms with Crippen molar-refractivity contribution in [3.8, 4) is 0 Å². The molecule has 1 aromatic rings. The first-order valence-corrected chi connectivity index (χ1v) is 10.5. The highest BCUT2D eigenvalue weighted by molar-refractivity contribution is 6.07. The molecule has 1 saturated heterocycles. The number of benzene rings is 1. The largest absolute Gasteiger partial charge is 0.388 e. The highest BCUT2D eigenvalue weighted by Crippen LogP contribution is 2.20. The van der Waals surface area contributed by atoms with Crippen LogP contribution in [-0.4, -0.2) is 58.9 Å². The molecule has 0 spiro atoms. The molecule has 8 nitrogen and oxygen atoms in total. The van der Waals surface area contributed by atoms with Crippen LogP contribution in [0.25, 0.3) is 0 Å². The molecule has 176 valence electrons. The Morgan fingerprint density at radius 1 is 1.09 bits per heavy atom. The molecule has 2 atom stereocenters. The summed E-state index contributed by atoms with van der Waals surface area (Å²) in [5.41, 5.74) is 0.588. The number of carbonyl (C=O) groups is 4.